The highest BCUT2D eigenvalue weighted by Gasteiger charge is 2.20. The Morgan fingerprint density at radius 2 is 1.80 bits per heavy atom. The lowest BCUT2D eigenvalue weighted by Gasteiger charge is -2.34. The van der Waals surface area contributed by atoms with Gasteiger partial charge in [0.2, 0.25) is 5.95 Å². The fourth-order valence-corrected chi connectivity index (χ4v) is 5.00. The molecule has 1 fully saturated rings. The van der Waals surface area contributed by atoms with Gasteiger partial charge in [0, 0.05) is 45.1 Å². The third-order valence-corrected chi connectivity index (χ3v) is 7.26. The summed E-state index contributed by atoms with van der Waals surface area (Å²) in [5, 5.41) is 21.1. The number of aliphatic hydroxyl groups excluding tert-OH is 1. The van der Waals surface area contributed by atoms with Crippen LogP contribution >= 0.6 is 11.6 Å². The first-order valence-corrected chi connectivity index (χ1v) is 13.6. The lowest BCUT2D eigenvalue weighted by atomic mass is 10.1. The highest BCUT2D eigenvalue weighted by molar-refractivity contribution is 6.33. The van der Waals surface area contributed by atoms with Gasteiger partial charge in [-0.05, 0) is 49.4 Å². The molecule has 0 spiro atoms. The van der Waals surface area contributed by atoms with Crippen LogP contribution in [0.2, 0.25) is 5.02 Å². The number of carbonyl (C=O) groups excluding carboxylic acids is 1. The van der Waals surface area contributed by atoms with E-state index in [0.29, 0.717) is 34.5 Å². The van der Waals surface area contributed by atoms with Gasteiger partial charge in [0.05, 0.1) is 29.1 Å². The number of hydrogen-bond acceptors (Lipinski definition) is 8. The third-order valence-electron chi connectivity index (χ3n) is 6.96. The molecule has 1 aliphatic rings. The van der Waals surface area contributed by atoms with Crippen molar-refractivity contribution in [3.63, 3.8) is 0 Å². The quantitative estimate of drug-likeness (QED) is 0.286. The Morgan fingerprint density at radius 3 is 2.52 bits per heavy atom. The van der Waals surface area contributed by atoms with E-state index in [9.17, 15) is 9.90 Å². The van der Waals surface area contributed by atoms with Crippen molar-refractivity contribution in [3.05, 3.63) is 83.1 Å². The second-order valence-corrected chi connectivity index (χ2v) is 10.3. The van der Waals surface area contributed by atoms with Crippen molar-refractivity contribution < 1.29 is 9.90 Å². The SMILES string of the molecule is CN1CCN(c2ccc(Nc3nccc(-c4cc(C(=O)N[C@H](CO)Cc5ccccc5)n(C)n4)n3)cc2Cl)CC1. The molecule has 2 aromatic heterocycles. The van der Waals surface area contributed by atoms with Crippen LogP contribution in [0.3, 0.4) is 0 Å². The van der Waals surface area contributed by atoms with E-state index in [2.05, 4.69) is 42.5 Å². The molecule has 40 heavy (non-hydrogen) atoms. The van der Waals surface area contributed by atoms with Gasteiger partial charge in [-0.2, -0.15) is 5.10 Å². The second-order valence-electron chi connectivity index (χ2n) is 9.93. The average Bonchev–Trinajstić information content (AvgIpc) is 3.36. The number of anilines is 3. The van der Waals surface area contributed by atoms with E-state index in [-0.39, 0.29) is 12.5 Å². The van der Waals surface area contributed by atoms with E-state index in [1.54, 1.807) is 25.4 Å². The maximum atomic E-state index is 13.0. The third kappa shape index (κ3) is 6.59. The maximum absolute atomic E-state index is 13.0. The molecule has 1 saturated heterocycles. The standard InChI is InChI=1S/C29H33ClN8O2/c1-36-12-14-38(15-13-36)26-9-8-21(17-23(26)30)33-29-31-11-10-24(34-29)25-18-27(37(2)35-25)28(40)32-22(19-39)16-20-6-4-3-5-7-20/h3-11,17-18,22,39H,12-16,19H2,1-2H3,(H,32,40)(H,31,33,34)/t22-/m0/s1. The van der Waals surface area contributed by atoms with Crippen LogP contribution in [0.5, 0.6) is 0 Å². The van der Waals surface area contributed by atoms with Crippen molar-refractivity contribution >= 4 is 34.8 Å². The zero-order valence-corrected chi connectivity index (χ0v) is 23.3. The van der Waals surface area contributed by atoms with Crippen molar-refractivity contribution in [2.45, 2.75) is 12.5 Å². The zero-order chi connectivity index (χ0) is 28.1. The molecule has 1 amide bonds. The van der Waals surface area contributed by atoms with Crippen LogP contribution in [0.15, 0.2) is 66.9 Å². The minimum Gasteiger partial charge on any atom is -0.394 e. The number of amides is 1. The van der Waals surface area contributed by atoms with Crippen molar-refractivity contribution in [1.29, 1.82) is 0 Å². The van der Waals surface area contributed by atoms with Crippen molar-refractivity contribution in [3.8, 4) is 11.4 Å². The second kappa shape index (κ2) is 12.5. The lowest BCUT2D eigenvalue weighted by Crippen LogP contribution is -2.44. The summed E-state index contributed by atoms with van der Waals surface area (Å²) in [4.78, 5) is 26.6. The smallest absolute Gasteiger partial charge is 0.269 e. The monoisotopic (exact) mass is 560 g/mol. The number of aromatic nitrogens is 4. The summed E-state index contributed by atoms with van der Waals surface area (Å²) in [6.45, 7) is 3.71. The number of aliphatic hydroxyl groups is 1. The summed E-state index contributed by atoms with van der Waals surface area (Å²) in [5.41, 5.74) is 4.28. The predicted octanol–water partition coefficient (Wildman–Crippen LogP) is 3.36. The Balaban J connectivity index is 1.26. The first kappa shape index (κ1) is 27.6. The Labute approximate surface area is 238 Å². The fourth-order valence-electron chi connectivity index (χ4n) is 4.70. The molecule has 208 valence electrons. The van der Waals surface area contributed by atoms with Crippen LogP contribution in [0, 0.1) is 0 Å². The van der Waals surface area contributed by atoms with Crippen LogP contribution in [-0.4, -0.2) is 81.5 Å². The lowest BCUT2D eigenvalue weighted by molar-refractivity contribution is 0.0907. The van der Waals surface area contributed by atoms with Gasteiger partial charge in [0.15, 0.2) is 0 Å². The van der Waals surface area contributed by atoms with Gasteiger partial charge in [-0.1, -0.05) is 41.9 Å². The number of benzene rings is 2. The largest absolute Gasteiger partial charge is 0.394 e. The van der Waals surface area contributed by atoms with Crippen LogP contribution < -0.4 is 15.5 Å². The zero-order valence-electron chi connectivity index (χ0n) is 22.6. The molecule has 0 bridgehead atoms. The number of rotatable bonds is 9. The highest BCUT2D eigenvalue weighted by atomic mass is 35.5. The van der Waals surface area contributed by atoms with Gasteiger partial charge in [-0.25, -0.2) is 9.97 Å². The molecule has 1 atom stereocenters. The molecule has 0 saturated carbocycles. The van der Waals surface area contributed by atoms with Crippen LogP contribution in [0.25, 0.3) is 11.4 Å². The molecule has 0 radical (unpaired) electrons. The summed E-state index contributed by atoms with van der Waals surface area (Å²) >= 11 is 6.63. The Hall–Kier alpha value is -3.99. The van der Waals surface area contributed by atoms with Gasteiger partial charge in [0.25, 0.3) is 5.91 Å². The molecule has 2 aromatic carbocycles. The summed E-state index contributed by atoms with van der Waals surface area (Å²) in [5.74, 6) is 0.0690. The Morgan fingerprint density at radius 1 is 1.02 bits per heavy atom. The first-order valence-electron chi connectivity index (χ1n) is 13.2. The summed E-state index contributed by atoms with van der Waals surface area (Å²) in [6.07, 6.45) is 2.16. The van der Waals surface area contributed by atoms with E-state index in [4.69, 9.17) is 11.6 Å². The highest BCUT2D eigenvalue weighted by Crippen LogP contribution is 2.30. The molecule has 5 rings (SSSR count). The van der Waals surface area contributed by atoms with E-state index in [0.717, 1.165) is 43.1 Å². The molecule has 11 heteroatoms. The number of hydrogen-bond donors (Lipinski definition) is 3. The van der Waals surface area contributed by atoms with E-state index in [1.165, 1.54) is 4.68 Å². The molecular formula is C29H33ClN8O2. The number of nitrogens with zero attached hydrogens (tertiary/aromatic N) is 6. The van der Waals surface area contributed by atoms with Crippen molar-refractivity contribution in [1.82, 2.24) is 30.0 Å². The van der Waals surface area contributed by atoms with Crippen LogP contribution in [0.4, 0.5) is 17.3 Å². The number of aryl methyl sites for hydroxylation is 1. The van der Waals surface area contributed by atoms with Gasteiger partial charge in [0.1, 0.15) is 11.4 Å². The van der Waals surface area contributed by atoms with Crippen molar-refractivity contribution in [2.75, 3.05) is 50.1 Å². The number of likely N-dealkylation sites (N-methyl/N-ethyl adjacent to an activating group) is 1. The number of halogens is 1. The van der Waals surface area contributed by atoms with E-state index < -0.39 is 6.04 Å². The topological polar surface area (TPSA) is 111 Å². The van der Waals surface area contributed by atoms with Gasteiger partial charge in [-0.3, -0.25) is 9.48 Å². The summed E-state index contributed by atoms with van der Waals surface area (Å²) in [7, 11) is 3.83. The van der Waals surface area contributed by atoms with E-state index >= 15 is 0 Å². The minimum atomic E-state index is -0.419. The molecule has 10 nitrogen and oxygen atoms in total. The first-order chi connectivity index (χ1) is 19.4. The summed E-state index contributed by atoms with van der Waals surface area (Å²) in [6, 6.07) is 18.6. The number of nitrogens with one attached hydrogen (secondary N) is 2. The molecule has 3 heterocycles. The van der Waals surface area contributed by atoms with Crippen LogP contribution in [0.1, 0.15) is 16.1 Å². The normalized spacial score (nSPS) is 14.7. The van der Waals surface area contributed by atoms with Gasteiger partial charge >= 0.3 is 0 Å². The molecule has 0 aliphatic carbocycles. The maximum Gasteiger partial charge on any atom is 0.269 e. The van der Waals surface area contributed by atoms with Crippen LogP contribution in [-0.2, 0) is 13.5 Å². The Kier molecular flexibility index (Phi) is 8.59. The van der Waals surface area contributed by atoms with Gasteiger partial charge < -0.3 is 25.5 Å². The van der Waals surface area contributed by atoms with Gasteiger partial charge in [-0.15, -0.1) is 0 Å². The molecule has 0 unspecified atom stereocenters. The number of carbonyl (C=O) groups is 1. The molecular weight excluding hydrogens is 528 g/mol. The molecule has 3 N–H and O–H groups in total. The van der Waals surface area contributed by atoms with E-state index in [1.807, 2.05) is 48.5 Å². The fraction of sp³-hybridized carbons (Fsp3) is 0.310. The average molecular weight is 561 g/mol. The predicted molar refractivity (Wildman–Crippen MR) is 157 cm³/mol. The molecule has 4 aromatic rings. The molecule has 1 aliphatic heterocycles. The Bertz CT molecular complexity index is 1450. The summed E-state index contributed by atoms with van der Waals surface area (Å²) < 4.78 is 1.51. The van der Waals surface area contributed by atoms with Crippen molar-refractivity contribution in [2.24, 2.45) is 7.05 Å². The minimum absolute atomic E-state index is 0.174. The number of piperazine rings is 1.